The normalized spacial score (nSPS) is 18.9. The quantitative estimate of drug-likeness (QED) is 0.788. The summed E-state index contributed by atoms with van der Waals surface area (Å²) in [7, 11) is 3.34. The molecule has 1 aliphatic heterocycles. The van der Waals surface area contributed by atoms with Gasteiger partial charge >= 0.3 is 0 Å². The molecule has 2 aromatic carbocycles. The molecular weight excluding hydrogens is 376 g/mol. The van der Waals surface area contributed by atoms with Gasteiger partial charge in [-0.15, -0.1) is 0 Å². The Bertz CT molecular complexity index is 874. The highest BCUT2D eigenvalue weighted by molar-refractivity contribution is 5.85. The highest BCUT2D eigenvalue weighted by atomic mass is 16.5. The first-order chi connectivity index (χ1) is 14.4. The van der Waals surface area contributed by atoms with Gasteiger partial charge in [0, 0.05) is 26.1 Å². The zero-order chi connectivity index (χ0) is 21.7. The van der Waals surface area contributed by atoms with E-state index in [9.17, 15) is 9.59 Å². The smallest absolute Gasteiger partial charge is 0.228 e. The summed E-state index contributed by atoms with van der Waals surface area (Å²) in [5.41, 5.74) is 2.76. The zero-order valence-corrected chi connectivity index (χ0v) is 18.4. The summed E-state index contributed by atoms with van der Waals surface area (Å²) < 4.78 is 5.23. The maximum Gasteiger partial charge on any atom is 0.228 e. The van der Waals surface area contributed by atoms with E-state index >= 15 is 0 Å². The molecule has 3 rings (SSSR count). The van der Waals surface area contributed by atoms with Crippen LogP contribution in [0.15, 0.2) is 48.5 Å². The van der Waals surface area contributed by atoms with Crippen LogP contribution in [0.25, 0.3) is 11.1 Å². The van der Waals surface area contributed by atoms with Gasteiger partial charge in [-0.05, 0) is 48.1 Å². The first-order valence-corrected chi connectivity index (χ1v) is 10.6. The highest BCUT2D eigenvalue weighted by Gasteiger charge is 2.43. The van der Waals surface area contributed by atoms with Crippen molar-refractivity contribution in [3.63, 3.8) is 0 Å². The second-order valence-corrected chi connectivity index (χ2v) is 8.48. The molecule has 30 heavy (non-hydrogen) atoms. The molecule has 1 aliphatic rings. The summed E-state index contributed by atoms with van der Waals surface area (Å²) in [6.07, 6.45) is 2.25. The van der Waals surface area contributed by atoms with E-state index in [1.54, 1.807) is 14.2 Å². The lowest BCUT2D eigenvalue weighted by atomic mass is 9.74. The maximum atomic E-state index is 12.9. The number of ether oxygens (including phenoxy) is 1. The lowest BCUT2D eigenvalue weighted by Crippen LogP contribution is -2.54. The Hall–Kier alpha value is -2.82. The Labute approximate surface area is 179 Å². The van der Waals surface area contributed by atoms with Gasteiger partial charge in [0.15, 0.2) is 0 Å². The number of likely N-dealkylation sites (tertiary alicyclic amines) is 1. The summed E-state index contributed by atoms with van der Waals surface area (Å²) in [5, 5.41) is 2.84. The predicted octanol–water partition coefficient (Wildman–Crippen LogP) is 3.92. The van der Waals surface area contributed by atoms with Crippen LogP contribution in [0.1, 0.15) is 32.3 Å². The summed E-state index contributed by atoms with van der Waals surface area (Å²) in [6.45, 7) is 5.03. The van der Waals surface area contributed by atoms with E-state index in [4.69, 9.17) is 4.74 Å². The van der Waals surface area contributed by atoms with Crippen molar-refractivity contribution in [1.29, 1.82) is 0 Å². The summed E-state index contributed by atoms with van der Waals surface area (Å²) in [4.78, 5) is 27.4. The van der Waals surface area contributed by atoms with Crippen LogP contribution in [-0.2, 0) is 16.0 Å². The van der Waals surface area contributed by atoms with Crippen LogP contribution in [0.3, 0.4) is 0 Å². The molecule has 1 unspecified atom stereocenters. The maximum absolute atomic E-state index is 12.9. The first kappa shape index (κ1) is 21.9. The van der Waals surface area contributed by atoms with Gasteiger partial charge in [0.2, 0.25) is 11.8 Å². The molecule has 1 saturated heterocycles. The lowest BCUT2D eigenvalue weighted by Gasteiger charge is -2.42. The Morgan fingerprint density at radius 3 is 2.20 bits per heavy atom. The van der Waals surface area contributed by atoms with Gasteiger partial charge in [-0.1, -0.05) is 50.2 Å². The fraction of sp³-hybridized carbons (Fsp3) is 0.440. The third-order valence-electron chi connectivity index (χ3n) is 6.01. The standard InChI is InChI=1S/C25H32N2O3/c1-18(2)23(28)27-15-5-14-25(17-27,24(29)26-3)16-19-6-8-20(9-7-19)21-10-12-22(30-4)13-11-21/h6-13,18H,5,14-17H2,1-4H3,(H,26,29). The van der Waals surface area contributed by atoms with Crippen LogP contribution in [0, 0.1) is 11.3 Å². The zero-order valence-electron chi connectivity index (χ0n) is 18.4. The molecule has 2 aromatic rings. The largest absolute Gasteiger partial charge is 0.497 e. The summed E-state index contributed by atoms with van der Waals surface area (Å²) >= 11 is 0. The van der Waals surface area contributed by atoms with E-state index in [0.29, 0.717) is 13.0 Å². The minimum absolute atomic E-state index is 0.0167. The Morgan fingerprint density at radius 1 is 1.07 bits per heavy atom. The molecular formula is C25H32N2O3. The molecule has 1 heterocycles. The molecule has 1 atom stereocenters. The Balaban J connectivity index is 1.81. The van der Waals surface area contributed by atoms with Gasteiger partial charge in [0.05, 0.1) is 12.5 Å². The van der Waals surface area contributed by atoms with Crippen LogP contribution in [0.2, 0.25) is 0 Å². The monoisotopic (exact) mass is 408 g/mol. The van der Waals surface area contributed by atoms with Gasteiger partial charge in [0.25, 0.3) is 0 Å². The molecule has 0 aliphatic carbocycles. The topological polar surface area (TPSA) is 58.6 Å². The van der Waals surface area contributed by atoms with Crippen molar-refractivity contribution in [3.05, 3.63) is 54.1 Å². The fourth-order valence-electron chi connectivity index (χ4n) is 4.35. The van der Waals surface area contributed by atoms with Gasteiger partial charge in [-0.2, -0.15) is 0 Å². The number of carbonyl (C=O) groups is 2. The number of carbonyl (C=O) groups excluding carboxylic acids is 2. The molecule has 5 nitrogen and oxygen atoms in total. The number of benzene rings is 2. The molecule has 0 bridgehead atoms. The van der Waals surface area contributed by atoms with E-state index in [0.717, 1.165) is 41.8 Å². The molecule has 1 N–H and O–H groups in total. The van der Waals surface area contributed by atoms with Gasteiger partial charge < -0.3 is 15.0 Å². The molecule has 0 saturated carbocycles. The third-order valence-corrected chi connectivity index (χ3v) is 6.01. The second kappa shape index (κ2) is 9.33. The summed E-state index contributed by atoms with van der Waals surface area (Å²) in [5.74, 6) is 0.913. The van der Waals surface area contributed by atoms with Crippen LogP contribution in [0.4, 0.5) is 0 Å². The third kappa shape index (κ3) is 4.66. The number of piperidine rings is 1. The average Bonchev–Trinajstić information content (AvgIpc) is 2.78. The predicted molar refractivity (Wildman–Crippen MR) is 119 cm³/mol. The van der Waals surface area contributed by atoms with E-state index < -0.39 is 5.41 Å². The van der Waals surface area contributed by atoms with Crippen molar-refractivity contribution in [2.24, 2.45) is 11.3 Å². The number of hydrogen-bond donors (Lipinski definition) is 1. The number of nitrogens with zero attached hydrogens (tertiary/aromatic N) is 1. The number of hydrogen-bond acceptors (Lipinski definition) is 3. The number of rotatable bonds is 6. The van der Waals surface area contributed by atoms with E-state index in [1.165, 1.54) is 0 Å². The summed E-state index contributed by atoms with van der Waals surface area (Å²) in [6, 6.07) is 16.3. The highest BCUT2D eigenvalue weighted by Crippen LogP contribution is 2.35. The Kier molecular flexibility index (Phi) is 6.80. The Morgan fingerprint density at radius 2 is 1.67 bits per heavy atom. The van der Waals surface area contributed by atoms with Gasteiger partial charge in [-0.3, -0.25) is 9.59 Å². The van der Waals surface area contributed by atoms with E-state index in [1.807, 2.05) is 43.0 Å². The van der Waals surface area contributed by atoms with Crippen LogP contribution in [0.5, 0.6) is 5.75 Å². The number of amides is 2. The molecule has 0 radical (unpaired) electrons. The minimum Gasteiger partial charge on any atom is -0.497 e. The van der Waals surface area contributed by atoms with Crippen molar-refractivity contribution in [1.82, 2.24) is 10.2 Å². The number of nitrogens with one attached hydrogen (secondary N) is 1. The molecule has 0 spiro atoms. The van der Waals surface area contributed by atoms with E-state index in [-0.39, 0.29) is 17.7 Å². The lowest BCUT2D eigenvalue weighted by molar-refractivity contribution is -0.143. The van der Waals surface area contributed by atoms with Crippen LogP contribution >= 0.6 is 0 Å². The van der Waals surface area contributed by atoms with Crippen LogP contribution in [-0.4, -0.2) is 44.0 Å². The van der Waals surface area contributed by atoms with Crippen molar-refractivity contribution in [2.75, 3.05) is 27.2 Å². The molecule has 0 aromatic heterocycles. The first-order valence-electron chi connectivity index (χ1n) is 10.6. The van der Waals surface area contributed by atoms with Crippen molar-refractivity contribution >= 4 is 11.8 Å². The molecule has 160 valence electrons. The van der Waals surface area contributed by atoms with Crippen LogP contribution < -0.4 is 10.1 Å². The van der Waals surface area contributed by atoms with Crippen molar-refractivity contribution in [2.45, 2.75) is 33.1 Å². The number of methoxy groups -OCH3 is 1. The van der Waals surface area contributed by atoms with Gasteiger partial charge in [0.1, 0.15) is 5.75 Å². The fourth-order valence-corrected chi connectivity index (χ4v) is 4.35. The second-order valence-electron chi connectivity index (χ2n) is 8.48. The minimum atomic E-state index is -0.584. The SMILES string of the molecule is CNC(=O)C1(Cc2ccc(-c3ccc(OC)cc3)cc2)CCCN(C(=O)C(C)C)C1. The van der Waals surface area contributed by atoms with Gasteiger partial charge in [-0.25, -0.2) is 0 Å². The van der Waals surface area contributed by atoms with Crippen molar-refractivity contribution < 1.29 is 14.3 Å². The van der Waals surface area contributed by atoms with E-state index in [2.05, 4.69) is 29.6 Å². The molecule has 2 amide bonds. The average molecular weight is 409 g/mol. The molecule has 1 fully saturated rings. The van der Waals surface area contributed by atoms with Crippen molar-refractivity contribution in [3.8, 4) is 16.9 Å². The molecule has 5 heteroatoms.